The van der Waals surface area contributed by atoms with Crippen LogP contribution in [0, 0.1) is 0 Å². The van der Waals surface area contributed by atoms with Crippen molar-refractivity contribution in [2.24, 2.45) is 5.10 Å². The van der Waals surface area contributed by atoms with E-state index in [-0.39, 0.29) is 0 Å². The van der Waals surface area contributed by atoms with E-state index >= 15 is 0 Å². The molecule has 0 aliphatic rings. The number of hydrogen-bond donors (Lipinski definition) is 1. The summed E-state index contributed by atoms with van der Waals surface area (Å²) in [6.07, 6.45) is 3.46. The lowest BCUT2D eigenvalue weighted by atomic mass is 10.2. The first kappa shape index (κ1) is 12.9. The Labute approximate surface area is 115 Å². The fraction of sp³-hybridized carbons (Fsp3) is 0.0769. The summed E-state index contributed by atoms with van der Waals surface area (Å²) < 4.78 is 0. The van der Waals surface area contributed by atoms with Crippen LogP contribution in [0.25, 0.3) is 0 Å². The summed E-state index contributed by atoms with van der Waals surface area (Å²) in [5.74, 6) is 0. The summed E-state index contributed by atoms with van der Waals surface area (Å²) in [5.41, 5.74) is 5.60. The lowest BCUT2D eigenvalue weighted by Gasteiger charge is -2.04. The molecule has 0 saturated carbocycles. The molecule has 1 N–H and O–H groups in total. The second kappa shape index (κ2) is 5.85. The molecule has 2 aromatic rings. The first-order valence-corrected chi connectivity index (χ1v) is 6.08. The summed E-state index contributed by atoms with van der Waals surface area (Å²) in [7, 11) is 0. The monoisotopic (exact) mass is 279 g/mol. The molecular formula is C13H11Cl2N3. The Morgan fingerprint density at radius 2 is 1.83 bits per heavy atom. The molecule has 0 bridgehead atoms. The average molecular weight is 280 g/mol. The zero-order valence-electron chi connectivity index (χ0n) is 9.69. The molecule has 0 radical (unpaired) electrons. The number of hydrogen-bond acceptors (Lipinski definition) is 3. The van der Waals surface area contributed by atoms with Crippen LogP contribution in [-0.4, -0.2) is 10.7 Å². The molecule has 5 heteroatoms. The Morgan fingerprint density at radius 3 is 2.50 bits per heavy atom. The second-order valence-electron chi connectivity index (χ2n) is 3.67. The lowest BCUT2D eigenvalue weighted by Crippen LogP contribution is -1.99. The largest absolute Gasteiger partial charge is 0.278 e. The van der Waals surface area contributed by atoms with E-state index in [0.717, 1.165) is 17.0 Å². The maximum absolute atomic E-state index is 5.92. The Balaban J connectivity index is 2.13. The summed E-state index contributed by atoms with van der Waals surface area (Å²) >= 11 is 11.8. The summed E-state index contributed by atoms with van der Waals surface area (Å²) in [6, 6.07) is 9.07. The first-order valence-electron chi connectivity index (χ1n) is 5.32. The fourth-order valence-electron chi connectivity index (χ4n) is 1.37. The van der Waals surface area contributed by atoms with E-state index in [1.165, 1.54) is 0 Å². The van der Waals surface area contributed by atoms with Gasteiger partial charge in [-0.1, -0.05) is 23.2 Å². The third kappa shape index (κ3) is 3.22. The van der Waals surface area contributed by atoms with Gasteiger partial charge in [-0.25, -0.2) is 0 Å². The number of anilines is 1. The van der Waals surface area contributed by atoms with Crippen molar-refractivity contribution < 1.29 is 0 Å². The van der Waals surface area contributed by atoms with Gasteiger partial charge >= 0.3 is 0 Å². The minimum absolute atomic E-state index is 0.499. The molecule has 1 aromatic carbocycles. The van der Waals surface area contributed by atoms with Crippen molar-refractivity contribution >= 4 is 34.6 Å². The number of benzene rings is 1. The molecule has 1 aromatic heterocycles. The van der Waals surface area contributed by atoms with E-state index in [1.54, 1.807) is 24.5 Å². The highest BCUT2D eigenvalue weighted by atomic mass is 35.5. The zero-order chi connectivity index (χ0) is 13.0. The van der Waals surface area contributed by atoms with Crippen LogP contribution < -0.4 is 5.43 Å². The average Bonchev–Trinajstić information content (AvgIpc) is 2.41. The minimum atomic E-state index is 0.499. The van der Waals surface area contributed by atoms with E-state index < -0.39 is 0 Å². The van der Waals surface area contributed by atoms with Gasteiger partial charge in [-0.2, -0.15) is 5.10 Å². The van der Waals surface area contributed by atoms with Gasteiger partial charge in [-0.15, -0.1) is 0 Å². The van der Waals surface area contributed by atoms with Gasteiger partial charge in [0, 0.05) is 18.0 Å². The van der Waals surface area contributed by atoms with Gasteiger partial charge < -0.3 is 0 Å². The number of nitrogens with zero attached hydrogens (tertiary/aromatic N) is 2. The van der Waals surface area contributed by atoms with E-state index in [4.69, 9.17) is 23.2 Å². The molecular weight excluding hydrogens is 269 g/mol. The van der Waals surface area contributed by atoms with Crippen LogP contribution >= 0.6 is 23.2 Å². The van der Waals surface area contributed by atoms with Gasteiger partial charge in [-0.3, -0.25) is 10.4 Å². The molecule has 2 rings (SSSR count). The topological polar surface area (TPSA) is 37.3 Å². The van der Waals surface area contributed by atoms with Gasteiger partial charge in [0.25, 0.3) is 0 Å². The normalized spacial score (nSPS) is 11.4. The molecule has 0 spiro atoms. The standard InChI is InChI=1S/C13H11Cl2N3/c1-9(10-4-6-16-7-5-10)17-18-11-2-3-12(14)13(15)8-11/h2-8,18H,1H3/b17-9-. The maximum atomic E-state index is 5.92. The summed E-state index contributed by atoms with van der Waals surface area (Å²) in [6.45, 7) is 1.92. The third-order valence-electron chi connectivity index (χ3n) is 2.37. The third-order valence-corrected chi connectivity index (χ3v) is 3.11. The fourth-order valence-corrected chi connectivity index (χ4v) is 1.67. The SMILES string of the molecule is C/C(=N/Nc1ccc(Cl)c(Cl)c1)c1ccncc1. The van der Waals surface area contributed by atoms with Crippen molar-refractivity contribution in [1.82, 2.24) is 4.98 Å². The highest BCUT2D eigenvalue weighted by Crippen LogP contribution is 2.24. The predicted octanol–water partition coefficient (Wildman–Crippen LogP) is 4.22. The molecule has 1 heterocycles. The van der Waals surface area contributed by atoms with Gasteiger partial charge in [-0.05, 0) is 37.3 Å². The zero-order valence-corrected chi connectivity index (χ0v) is 11.2. The van der Waals surface area contributed by atoms with Crippen LogP contribution in [0.3, 0.4) is 0 Å². The number of hydrazone groups is 1. The molecule has 0 saturated heterocycles. The maximum Gasteiger partial charge on any atom is 0.0649 e. The number of nitrogens with one attached hydrogen (secondary N) is 1. The Morgan fingerprint density at radius 1 is 1.11 bits per heavy atom. The summed E-state index contributed by atoms with van der Waals surface area (Å²) in [5, 5.41) is 5.30. The van der Waals surface area contributed by atoms with Gasteiger partial charge in [0.2, 0.25) is 0 Å². The molecule has 18 heavy (non-hydrogen) atoms. The molecule has 3 nitrogen and oxygen atoms in total. The summed E-state index contributed by atoms with van der Waals surface area (Å²) in [4.78, 5) is 3.96. The number of halogens is 2. The quantitative estimate of drug-likeness (QED) is 0.675. The van der Waals surface area contributed by atoms with Gasteiger partial charge in [0.05, 0.1) is 21.4 Å². The van der Waals surface area contributed by atoms with Crippen molar-refractivity contribution in [3.63, 3.8) is 0 Å². The molecule has 0 unspecified atom stereocenters. The number of aromatic nitrogens is 1. The van der Waals surface area contributed by atoms with Crippen molar-refractivity contribution in [2.75, 3.05) is 5.43 Å². The van der Waals surface area contributed by atoms with E-state index in [2.05, 4.69) is 15.5 Å². The van der Waals surface area contributed by atoms with E-state index in [0.29, 0.717) is 10.0 Å². The predicted molar refractivity (Wildman–Crippen MR) is 76.5 cm³/mol. The molecule has 0 aliphatic carbocycles. The van der Waals surface area contributed by atoms with Crippen LogP contribution in [0.15, 0.2) is 47.8 Å². The van der Waals surface area contributed by atoms with Crippen molar-refractivity contribution in [2.45, 2.75) is 6.92 Å². The highest BCUT2D eigenvalue weighted by Gasteiger charge is 1.99. The molecule has 0 atom stereocenters. The number of pyridine rings is 1. The highest BCUT2D eigenvalue weighted by molar-refractivity contribution is 6.42. The Hall–Kier alpha value is -1.58. The van der Waals surface area contributed by atoms with E-state index in [1.807, 2.05) is 25.1 Å². The van der Waals surface area contributed by atoms with Crippen molar-refractivity contribution in [3.05, 3.63) is 58.3 Å². The van der Waals surface area contributed by atoms with Crippen LogP contribution in [0.2, 0.25) is 10.0 Å². The van der Waals surface area contributed by atoms with Crippen LogP contribution in [0.1, 0.15) is 12.5 Å². The molecule has 92 valence electrons. The molecule has 0 aliphatic heterocycles. The lowest BCUT2D eigenvalue weighted by molar-refractivity contribution is 1.29. The van der Waals surface area contributed by atoms with Crippen LogP contribution in [0.4, 0.5) is 5.69 Å². The van der Waals surface area contributed by atoms with Gasteiger partial charge in [0.1, 0.15) is 0 Å². The Bertz CT molecular complexity index is 568. The smallest absolute Gasteiger partial charge is 0.0649 e. The van der Waals surface area contributed by atoms with Crippen LogP contribution in [-0.2, 0) is 0 Å². The van der Waals surface area contributed by atoms with Crippen molar-refractivity contribution in [1.29, 1.82) is 0 Å². The van der Waals surface area contributed by atoms with Crippen molar-refractivity contribution in [3.8, 4) is 0 Å². The Kier molecular flexibility index (Phi) is 4.18. The number of rotatable bonds is 3. The minimum Gasteiger partial charge on any atom is -0.278 e. The first-order chi connectivity index (χ1) is 8.66. The van der Waals surface area contributed by atoms with Crippen LogP contribution in [0.5, 0.6) is 0 Å². The molecule has 0 amide bonds. The second-order valence-corrected chi connectivity index (χ2v) is 4.49. The molecule has 0 fully saturated rings. The van der Waals surface area contributed by atoms with E-state index in [9.17, 15) is 0 Å². The van der Waals surface area contributed by atoms with Gasteiger partial charge in [0.15, 0.2) is 0 Å².